The molecular weight excluding hydrogens is 302 g/mol. The fraction of sp³-hybridized carbons (Fsp3) is 0.316. The Morgan fingerprint density at radius 2 is 2.00 bits per heavy atom. The second-order valence-corrected chi connectivity index (χ2v) is 6.24. The van der Waals surface area contributed by atoms with Gasteiger partial charge in [-0.3, -0.25) is 9.98 Å². The van der Waals surface area contributed by atoms with Gasteiger partial charge in [0.2, 0.25) is 0 Å². The molecule has 0 amide bonds. The van der Waals surface area contributed by atoms with Gasteiger partial charge in [0, 0.05) is 25.2 Å². The van der Waals surface area contributed by atoms with E-state index in [9.17, 15) is 0 Å². The molecule has 1 N–H and O–H groups in total. The molecule has 3 nitrogen and oxygen atoms in total. The molecule has 1 heterocycles. The van der Waals surface area contributed by atoms with Crippen LogP contribution >= 0.6 is 12.2 Å². The van der Waals surface area contributed by atoms with E-state index in [1.165, 1.54) is 0 Å². The van der Waals surface area contributed by atoms with E-state index in [0.29, 0.717) is 0 Å². The Hall–Kier alpha value is -2.07. The number of benzene rings is 1. The number of rotatable bonds is 3. The second-order valence-electron chi connectivity index (χ2n) is 5.83. The number of para-hydroxylation sites is 1. The molecule has 1 aliphatic carbocycles. The van der Waals surface area contributed by atoms with Crippen LogP contribution in [0.3, 0.4) is 0 Å². The van der Waals surface area contributed by atoms with Crippen LogP contribution in [-0.2, 0) is 5.41 Å². The molecule has 23 heavy (non-hydrogen) atoms. The van der Waals surface area contributed by atoms with Gasteiger partial charge in [-0.1, -0.05) is 42.9 Å². The first kappa shape index (κ1) is 15.8. The lowest BCUT2D eigenvalue weighted by Gasteiger charge is -2.39. The van der Waals surface area contributed by atoms with E-state index < -0.39 is 0 Å². The number of hydrogen-bond acceptors (Lipinski definition) is 3. The fourth-order valence-corrected chi connectivity index (χ4v) is 3.70. The first-order valence-electron chi connectivity index (χ1n) is 8.03. The molecule has 1 saturated carbocycles. The molecule has 1 unspecified atom stereocenters. The lowest BCUT2D eigenvalue weighted by molar-refractivity contribution is 0.549. The molecule has 0 saturated heterocycles. The Kier molecular flexibility index (Phi) is 4.82. The van der Waals surface area contributed by atoms with Crippen molar-refractivity contribution in [1.29, 1.82) is 0 Å². The number of thiocarbonyl (C=S) groups is 1. The number of nitrogens with zero attached hydrogens (tertiary/aromatic N) is 2. The standard InChI is InChI=1S/C19H21N3S/c1-20-18(23)19(15-8-7-13-21-14-15)12-6-5-11-17(19)22-16-9-3-2-4-10-16/h2-4,7-10,13-14H,5-6,11-12H2,1H3,(H,20,23). The average molecular weight is 323 g/mol. The summed E-state index contributed by atoms with van der Waals surface area (Å²) in [6, 6.07) is 14.2. The summed E-state index contributed by atoms with van der Waals surface area (Å²) in [4.78, 5) is 10.1. The van der Waals surface area contributed by atoms with Gasteiger partial charge in [-0.2, -0.15) is 0 Å². The van der Waals surface area contributed by atoms with Crippen LogP contribution in [-0.4, -0.2) is 22.7 Å². The summed E-state index contributed by atoms with van der Waals surface area (Å²) in [5.74, 6) is 0. The molecule has 0 radical (unpaired) electrons. The fourth-order valence-electron chi connectivity index (χ4n) is 3.37. The zero-order chi connectivity index (χ0) is 16.1. The SMILES string of the molecule is CNC(=S)C1(c2cccnc2)CCCCC1=Nc1ccccc1. The van der Waals surface area contributed by atoms with Crippen molar-refractivity contribution in [2.75, 3.05) is 7.05 Å². The van der Waals surface area contributed by atoms with Gasteiger partial charge < -0.3 is 5.32 Å². The first-order valence-corrected chi connectivity index (χ1v) is 8.44. The Balaban J connectivity index is 2.15. The van der Waals surface area contributed by atoms with Gasteiger partial charge in [-0.05, 0) is 43.0 Å². The molecule has 0 bridgehead atoms. The maximum Gasteiger partial charge on any atom is 0.0916 e. The summed E-state index contributed by atoms with van der Waals surface area (Å²) in [6.07, 6.45) is 7.96. The van der Waals surface area contributed by atoms with Crippen molar-refractivity contribution in [3.05, 3.63) is 60.4 Å². The van der Waals surface area contributed by atoms with Crippen molar-refractivity contribution in [1.82, 2.24) is 10.3 Å². The predicted molar refractivity (Wildman–Crippen MR) is 99.6 cm³/mol. The van der Waals surface area contributed by atoms with Crippen LogP contribution in [0.25, 0.3) is 0 Å². The van der Waals surface area contributed by atoms with Crippen molar-refractivity contribution < 1.29 is 0 Å². The van der Waals surface area contributed by atoms with E-state index in [2.05, 4.69) is 16.4 Å². The molecule has 1 atom stereocenters. The van der Waals surface area contributed by atoms with E-state index >= 15 is 0 Å². The van der Waals surface area contributed by atoms with Gasteiger partial charge in [-0.25, -0.2) is 0 Å². The summed E-state index contributed by atoms with van der Waals surface area (Å²) < 4.78 is 0. The average Bonchev–Trinajstić information content (AvgIpc) is 2.63. The normalized spacial score (nSPS) is 22.7. The lowest BCUT2D eigenvalue weighted by atomic mass is 9.68. The third-order valence-electron chi connectivity index (χ3n) is 4.50. The highest BCUT2D eigenvalue weighted by Crippen LogP contribution is 2.39. The number of likely N-dealkylation sites (N-methyl/N-ethyl adjacent to an activating group) is 1. The van der Waals surface area contributed by atoms with Crippen molar-refractivity contribution in [3.8, 4) is 0 Å². The van der Waals surface area contributed by atoms with Gasteiger partial charge in [-0.15, -0.1) is 0 Å². The van der Waals surface area contributed by atoms with Crippen LogP contribution in [0.4, 0.5) is 5.69 Å². The second kappa shape index (κ2) is 7.01. The van der Waals surface area contributed by atoms with Gasteiger partial charge in [0.25, 0.3) is 0 Å². The molecule has 0 aliphatic heterocycles. The summed E-state index contributed by atoms with van der Waals surface area (Å²) in [6.45, 7) is 0. The summed E-state index contributed by atoms with van der Waals surface area (Å²) in [5.41, 5.74) is 2.92. The smallest absolute Gasteiger partial charge is 0.0916 e. The maximum atomic E-state index is 5.74. The van der Waals surface area contributed by atoms with Crippen LogP contribution in [0.2, 0.25) is 0 Å². The van der Waals surface area contributed by atoms with Crippen molar-refractivity contribution in [3.63, 3.8) is 0 Å². The Morgan fingerprint density at radius 1 is 1.17 bits per heavy atom. The minimum atomic E-state index is -0.341. The molecule has 1 aromatic heterocycles. The summed E-state index contributed by atoms with van der Waals surface area (Å²) >= 11 is 5.74. The summed E-state index contributed by atoms with van der Waals surface area (Å²) in [5, 5.41) is 3.21. The third kappa shape index (κ3) is 3.04. The largest absolute Gasteiger partial charge is 0.382 e. The van der Waals surface area contributed by atoms with Crippen LogP contribution in [0, 0.1) is 0 Å². The molecular formula is C19H21N3S. The van der Waals surface area contributed by atoms with Crippen molar-refractivity contribution >= 4 is 28.6 Å². The quantitative estimate of drug-likeness (QED) is 0.860. The van der Waals surface area contributed by atoms with Gasteiger partial charge >= 0.3 is 0 Å². The minimum Gasteiger partial charge on any atom is -0.382 e. The van der Waals surface area contributed by atoms with Gasteiger partial charge in [0.15, 0.2) is 0 Å². The Labute approximate surface area is 142 Å². The molecule has 1 aromatic carbocycles. The molecule has 2 aromatic rings. The van der Waals surface area contributed by atoms with Crippen LogP contribution in [0.5, 0.6) is 0 Å². The summed E-state index contributed by atoms with van der Waals surface area (Å²) in [7, 11) is 1.90. The van der Waals surface area contributed by atoms with E-state index in [0.717, 1.165) is 47.6 Å². The third-order valence-corrected chi connectivity index (χ3v) is 5.05. The van der Waals surface area contributed by atoms with Gasteiger partial charge in [0.1, 0.15) is 0 Å². The molecule has 1 aliphatic rings. The van der Waals surface area contributed by atoms with Crippen molar-refractivity contribution in [2.45, 2.75) is 31.1 Å². The monoisotopic (exact) mass is 323 g/mol. The zero-order valence-corrected chi connectivity index (χ0v) is 14.1. The number of aromatic nitrogens is 1. The number of hydrogen-bond donors (Lipinski definition) is 1. The van der Waals surface area contributed by atoms with E-state index in [-0.39, 0.29) is 5.41 Å². The minimum absolute atomic E-state index is 0.341. The highest BCUT2D eigenvalue weighted by atomic mass is 32.1. The molecule has 3 rings (SSSR count). The Morgan fingerprint density at radius 3 is 2.70 bits per heavy atom. The van der Waals surface area contributed by atoms with Crippen LogP contribution in [0.1, 0.15) is 31.2 Å². The number of aliphatic imine (C=N–C) groups is 1. The molecule has 4 heteroatoms. The van der Waals surface area contributed by atoms with Gasteiger partial charge in [0.05, 0.1) is 16.1 Å². The molecule has 0 spiro atoms. The molecule has 118 valence electrons. The Bertz CT molecular complexity index is 697. The number of pyridine rings is 1. The topological polar surface area (TPSA) is 37.3 Å². The maximum absolute atomic E-state index is 5.74. The highest BCUT2D eigenvalue weighted by molar-refractivity contribution is 7.80. The first-order chi connectivity index (χ1) is 11.3. The number of nitrogens with one attached hydrogen (secondary N) is 1. The van der Waals surface area contributed by atoms with Crippen LogP contribution < -0.4 is 5.32 Å². The van der Waals surface area contributed by atoms with Crippen molar-refractivity contribution in [2.24, 2.45) is 4.99 Å². The van der Waals surface area contributed by atoms with E-state index in [1.807, 2.05) is 49.6 Å². The van der Waals surface area contributed by atoms with E-state index in [1.54, 1.807) is 6.20 Å². The molecule has 1 fully saturated rings. The van der Waals surface area contributed by atoms with Crippen LogP contribution in [0.15, 0.2) is 59.9 Å². The highest BCUT2D eigenvalue weighted by Gasteiger charge is 2.43. The predicted octanol–water partition coefficient (Wildman–Crippen LogP) is 4.21. The zero-order valence-electron chi connectivity index (χ0n) is 13.3. The van der Waals surface area contributed by atoms with E-state index in [4.69, 9.17) is 17.2 Å². The lowest BCUT2D eigenvalue weighted by Crippen LogP contribution is -2.49.